The quantitative estimate of drug-likeness (QED) is 0.685. The molecule has 11 heavy (non-hydrogen) atoms. The number of halogens is 1. The van der Waals surface area contributed by atoms with Crippen LogP contribution in [0.4, 0.5) is 0 Å². The van der Waals surface area contributed by atoms with Crippen LogP contribution in [-0.4, -0.2) is 31.7 Å². The SMILES string of the molecule is O.[Cl][Co+2].[NH-]CC[NH-].[NH-]CC[NH-]. The van der Waals surface area contributed by atoms with E-state index < -0.39 is 0 Å². The largest absolute Gasteiger partial charge is 0.679 e. The van der Waals surface area contributed by atoms with Crippen molar-refractivity contribution in [1.82, 2.24) is 0 Å². The zero-order valence-corrected chi connectivity index (χ0v) is 7.84. The average molecular weight is 229 g/mol. The van der Waals surface area contributed by atoms with Crippen molar-refractivity contribution < 1.29 is 20.3 Å². The molecule has 0 aromatic rings. The molecule has 7 heteroatoms. The number of nitrogens with one attached hydrogen (secondary N) is 4. The van der Waals surface area contributed by atoms with Crippen molar-refractivity contribution in [2.75, 3.05) is 26.2 Å². The van der Waals surface area contributed by atoms with E-state index in [-0.39, 0.29) is 31.7 Å². The zero-order valence-electron chi connectivity index (χ0n) is 6.04. The molecule has 0 rings (SSSR count). The Labute approximate surface area is 79.9 Å². The van der Waals surface area contributed by atoms with Crippen molar-refractivity contribution in [3.63, 3.8) is 0 Å². The molecule has 0 saturated carbocycles. The summed E-state index contributed by atoms with van der Waals surface area (Å²) in [4.78, 5) is 0. The predicted octanol–water partition coefficient (Wildman–Crippen LogP) is 2.04. The van der Waals surface area contributed by atoms with E-state index in [1.54, 1.807) is 0 Å². The van der Waals surface area contributed by atoms with E-state index in [4.69, 9.17) is 22.9 Å². The standard InChI is InChI=1S/2C2H6N2.ClH.Co.H2O/c2*3-1-2-4;;;/h2*3-4H,1-2H2;1H;;1H2/q2*-2;;+3;/p-1. The first-order valence-electron chi connectivity index (χ1n) is 2.54. The van der Waals surface area contributed by atoms with Crippen LogP contribution in [0.25, 0.3) is 22.9 Å². The van der Waals surface area contributed by atoms with Gasteiger partial charge < -0.3 is 28.4 Å². The van der Waals surface area contributed by atoms with Gasteiger partial charge >= 0.3 is 25.0 Å². The zero-order chi connectivity index (χ0) is 8.83. The van der Waals surface area contributed by atoms with Crippen LogP contribution in [0.5, 0.6) is 0 Å². The molecular formula is C4H14ClCoN4O-2. The second kappa shape index (κ2) is 46.2. The molecule has 0 unspecified atom stereocenters. The summed E-state index contributed by atoms with van der Waals surface area (Å²) in [6.45, 7) is 0.944. The van der Waals surface area contributed by atoms with Crippen LogP contribution < -0.4 is 0 Å². The van der Waals surface area contributed by atoms with Gasteiger partial charge in [0.15, 0.2) is 0 Å². The van der Waals surface area contributed by atoms with Gasteiger partial charge in [0.25, 0.3) is 0 Å². The molecular weight excluding hydrogens is 214 g/mol. The number of hydrogen-bond donors (Lipinski definition) is 0. The fraction of sp³-hybridized carbons (Fsp3) is 1.00. The molecule has 0 spiro atoms. The number of rotatable bonds is 2. The summed E-state index contributed by atoms with van der Waals surface area (Å²) in [5.74, 6) is 0. The molecule has 0 radical (unpaired) electrons. The van der Waals surface area contributed by atoms with Crippen LogP contribution in [0, 0.1) is 0 Å². The summed E-state index contributed by atoms with van der Waals surface area (Å²) in [7, 11) is 4.33. The molecule has 5 nitrogen and oxygen atoms in total. The molecule has 0 aromatic heterocycles. The monoisotopic (exact) mass is 228 g/mol. The third kappa shape index (κ3) is 116. The van der Waals surface area contributed by atoms with Crippen LogP contribution in [0.15, 0.2) is 0 Å². The summed E-state index contributed by atoms with van der Waals surface area (Å²) in [5, 5.41) is 0. The smallest absolute Gasteiger partial charge is 0.171 e. The summed E-state index contributed by atoms with van der Waals surface area (Å²) in [6, 6.07) is 0. The maximum atomic E-state index is 6.26. The minimum absolute atomic E-state index is 0. The molecule has 0 amide bonds. The Morgan fingerprint density at radius 1 is 0.727 bits per heavy atom. The molecule has 0 heterocycles. The Bertz CT molecular complexity index is 30.1. The van der Waals surface area contributed by atoms with Gasteiger partial charge in [-0.2, -0.15) is 26.2 Å². The summed E-state index contributed by atoms with van der Waals surface area (Å²) < 4.78 is 0. The van der Waals surface area contributed by atoms with E-state index in [2.05, 4.69) is 25.0 Å². The first-order valence-corrected chi connectivity index (χ1v) is 3.97. The van der Waals surface area contributed by atoms with Crippen molar-refractivity contribution in [1.29, 1.82) is 0 Å². The molecule has 0 aliphatic heterocycles. The Balaban J connectivity index is -0.0000000339. The summed E-state index contributed by atoms with van der Waals surface area (Å²) in [6.07, 6.45) is 0. The van der Waals surface area contributed by atoms with Crippen molar-refractivity contribution >= 4 is 10.1 Å². The van der Waals surface area contributed by atoms with Crippen LogP contribution >= 0.6 is 10.1 Å². The molecule has 0 aromatic carbocycles. The summed E-state index contributed by atoms with van der Waals surface area (Å²) >= 11 is 3.03. The Hall–Kier alpha value is 0.596. The average Bonchev–Trinajstić information content (AvgIpc) is 2.08. The fourth-order valence-electron chi connectivity index (χ4n) is 0. The molecule has 0 bridgehead atoms. The van der Waals surface area contributed by atoms with Gasteiger partial charge in [0.1, 0.15) is 0 Å². The summed E-state index contributed by atoms with van der Waals surface area (Å²) in [5.41, 5.74) is 25.1. The topological polar surface area (TPSA) is 127 Å². The predicted molar refractivity (Wildman–Crippen MR) is 46.2 cm³/mol. The van der Waals surface area contributed by atoms with Gasteiger partial charge in [-0.05, 0) is 0 Å². The molecule has 0 fully saturated rings. The Morgan fingerprint density at radius 3 is 0.818 bits per heavy atom. The van der Waals surface area contributed by atoms with Gasteiger partial charge in [-0.15, -0.1) is 0 Å². The maximum absolute atomic E-state index is 6.26. The van der Waals surface area contributed by atoms with Crippen molar-refractivity contribution in [3.8, 4) is 0 Å². The van der Waals surface area contributed by atoms with Crippen LogP contribution in [0.2, 0.25) is 0 Å². The van der Waals surface area contributed by atoms with E-state index in [9.17, 15) is 0 Å². The van der Waals surface area contributed by atoms with E-state index >= 15 is 0 Å². The van der Waals surface area contributed by atoms with E-state index in [1.165, 1.54) is 0 Å². The third-order valence-corrected chi connectivity index (χ3v) is 0.250. The van der Waals surface area contributed by atoms with Gasteiger partial charge in [-0.25, -0.2) is 0 Å². The maximum Gasteiger partial charge on any atom is -0.171 e. The van der Waals surface area contributed by atoms with Crippen molar-refractivity contribution in [3.05, 3.63) is 22.9 Å². The molecule has 0 atom stereocenters. The first-order chi connectivity index (χ1) is 4.83. The van der Waals surface area contributed by atoms with Crippen LogP contribution in [-0.2, 0) is 14.8 Å². The number of hydrogen-bond acceptors (Lipinski definition) is 0. The van der Waals surface area contributed by atoms with Gasteiger partial charge in [-0.1, -0.05) is 0 Å². The van der Waals surface area contributed by atoms with E-state index in [0.717, 1.165) is 0 Å². The van der Waals surface area contributed by atoms with E-state index in [1.807, 2.05) is 0 Å². The molecule has 0 aliphatic rings. The van der Waals surface area contributed by atoms with Crippen LogP contribution in [0.1, 0.15) is 0 Å². The second-order valence-electron chi connectivity index (χ2n) is 1.000. The molecule has 0 aliphatic carbocycles. The molecule has 6 N–H and O–H groups in total. The Kier molecular flexibility index (Phi) is 94.7. The van der Waals surface area contributed by atoms with Gasteiger partial charge in [0.2, 0.25) is 0 Å². The fourth-order valence-corrected chi connectivity index (χ4v) is 0. The van der Waals surface area contributed by atoms with E-state index in [0.29, 0.717) is 0 Å². The van der Waals surface area contributed by atoms with Crippen molar-refractivity contribution in [2.24, 2.45) is 0 Å². The van der Waals surface area contributed by atoms with Crippen molar-refractivity contribution in [2.45, 2.75) is 0 Å². The second-order valence-corrected chi connectivity index (χ2v) is 1.000. The molecule has 0 saturated heterocycles. The minimum Gasteiger partial charge on any atom is -0.679 e. The Morgan fingerprint density at radius 2 is 0.818 bits per heavy atom. The first kappa shape index (κ1) is 22.6. The molecule has 74 valence electrons. The van der Waals surface area contributed by atoms with Gasteiger partial charge in [0, 0.05) is 0 Å². The normalized spacial score (nSPS) is 6.00. The van der Waals surface area contributed by atoms with Gasteiger partial charge in [-0.3, -0.25) is 0 Å². The third-order valence-electron chi connectivity index (χ3n) is 0.250. The van der Waals surface area contributed by atoms with Crippen LogP contribution in [0.3, 0.4) is 0 Å². The van der Waals surface area contributed by atoms with Gasteiger partial charge in [0.05, 0.1) is 0 Å². The minimum atomic E-state index is 0.